The molecule has 0 aromatic heterocycles. The molecule has 5 rings (SSSR count). The maximum atomic E-state index is 14.1. The Bertz CT molecular complexity index is 866. The third-order valence-corrected chi connectivity index (χ3v) is 6.06. The molecule has 0 unspecified atom stereocenters. The second kappa shape index (κ2) is 7.57. The van der Waals surface area contributed by atoms with Gasteiger partial charge in [0.1, 0.15) is 5.82 Å². The zero-order valence-corrected chi connectivity index (χ0v) is 16.3. The van der Waals surface area contributed by atoms with E-state index >= 15 is 0 Å². The number of hydrogen-bond donors (Lipinski definition) is 1. The van der Waals surface area contributed by atoms with E-state index in [0.29, 0.717) is 25.6 Å². The lowest BCUT2D eigenvalue weighted by atomic mass is 10.1. The van der Waals surface area contributed by atoms with Crippen LogP contribution in [-0.2, 0) is 15.3 Å². The van der Waals surface area contributed by atoms with Crippen molar-refractivity contribution in [2.24, 2.45) is 0 Å². The van der Waals surface area contributed by atoms with Gasteiger partial charge < -0.3 is 24.4 Å². The van der Waals surface area contributed by atoms with E-state index in [-0.39, 0.29) is 5.82 Å². The Hall–Kier alpha value is -2.19. The standard InChI is InChI=1S/C22H26FN3O3/c23-18-7-2-4-9-20(18)25-12-10-24(11-13-25)16-26-19-8-3-1-6-17(19)22(21(26)27)28-14-5-15-29-22/h1-4,6-9,21,27H,5,10-16H2/t21-/m0/s1. The SMILES string of the molecule is O[C@@H]1N(CN2CCN(c3ccccc3F)CC2)c2ccccc2C12OCCCO2. The monoisotopic (exact) mass is 399 g/mol. The van der Waals surface area contributed by atoms with Crippen LogP contribution in [0, 0.1) is 5.82 Å². The lowest BCUT2D eigenvalue weighted by molar-refractivity contribution is -0.311. The minimum Gasteiger partial charge on any atom is -0.368 e. The Morgan fingerprint density at radius 3 is 2.31 bits per heavy atom. The van der Waals surface area contributed by atoms with Crippen molar-refractivity contribution in [1.29, 1.82) is 0 Å². The van der Waals surface area contributed by atoms with E-state index in [0.717, 1.165) is 43.9 Å². The van der Waals surface area contributed by atoms with Gasteiger partial charge in [0.15, 0.2) is 6.23 Å². The van der Waals surface area contributed by atoms with E-state index in [1.807, 2.05) is 41.3 Å². The number of rotatable bonds is 3. The van der Waals surface area contributed by atoms with Gasteiger partial charge in [-0.15, -0.1) is 0 Å². The largest absolute Gasteiger partial charge is 0.368 e. The summed E-state index contributed by atoms with van der Waals surface area (Å²) in [5.41, 5.74) is 2.48. The van der Waals surface area contributed by atoms with E-state index in [9.17, 15) is 9.50 Å². The van der Waals surface area contributed by atoms with Crippen molar-refractivity contribution >= 4 is 11.4 Å². The highest BCUT2D eigenvalue weighted by atomic mass is 19.1. The lowest BCUT2D eigenvalue weighted by Gasteiger charge is -2.41. The highest BCUT2D eigenvalue weighted by Crippen LogP contribution is 2.47. The molecule has 2 aromatic carbocycles. The zero-order chi connectivity index (χ0) is 19.8. The summed E-state index contributed by atoms with van der Waals surface area (Å²) in [4.78, 5) is 6.31. The number of fused-ring (bicyclic) bond motifs is 2. The Morgan fingerprint density at radius 2 is 1.59 bits per heavy atom. The first-order valence-electron chi connectivity index (χ1n) is 10.2. The summed E-state index contributed by atoms with van der Waals surface area (Å²) in [7, 11) is 0. The fraction of sp³-hybridized carbons (Fsp3) is 0.455. The highest BCUT2D eigenvalue weighted by molar-refractivity contribution is 5.61. The number of halogens is 1. The maximum Gasteiger partial charge on any atom is 0.243 e. The molecule has 3 heterocycles. The maximum absolute atomic E-state index is 14.1. The van der Waals surface area contributed by atoms with Crippen LogP contribution < -0.4 is 9.80 Å². The quantitative estimate of drug-likeness (QED) is 0.855. The van der Waals surface area contributed by atoms with Crippen LogP contribution in [0.4, 0.5) is 15.8 Å². The van der Waals surface area contributed by atoms with Gasteiger partial charge in [0.2, 0.25) is 5.79 Å². The predicted molar refractivity (Wildman–Crippen MR) is 108 cm³/mol. The van der Waals surface area contributed by atoms with Gasteiger partial charge in [-0.2, -0.15) is 0 Å². The third-order valence-electron chi connectivity index (χ3n) is 6.06. The predicted octanol–water partition coefficient (Wildman–Crippen LogP) is 2.33. The summed E-state index contributed by atoms with van der Waals surface area (Å²) in [6.07, 6.45) is -0.0703. The normalized spacial score (nSPS) is 24.1. The summed E-state index contributed by atoms with van der Waals surface area (Å²) in [5.74, 6) is -1.29. The molecule has 0 bridgehead atoms. The van der Waals surface area contributed by atoms with Gasteiger partial charge in [0, 0.05) is 37.4 Å². The van der Waals surface area contributed by atoms with Crippen LogP contribution >= 0.6 is 0 Å². The van der Waals surface area contributed by atoms with Crippen LogP contribution in [0.2, 0.25) is 0 Å². The minimum atomic E-state index is -1.11. The summed E-state index contributed by atoms with van der Waals surface area (Å²) >= 11 is 0. The molecule has 0 radical (unpaired) electrons. The number of aliphatic hydroxyl groups excluding tert-OH is 1. The van der Waals surface area contributed by atoms with E-state index in [2.05, 4.69) is 9.80 Å². The molecule has 6 nitrogen and oxygen atoms in total. The van der Waals surface area contributed by atoms with Gasteiger partial charge in [-0.25, -0.2) is 4.39 Å². The smallest absolute Gasteiger partial charge is 0.243 e. The Kier molecular flexibility index (Phi) is 4.91. The molecule has 0 amide bonds. The third kappa shape index (κ3) is 3.18. The van der Waals surface area contributed by atoms with E-state index in [1.165, 1.54) is 6.07 Å². The molecule has 0 aliphatic carbocycles. The molecule has 7 heteroatoms. The van der Waals surface area contributed by atoms with E-state index in [1.54, 1.807) is 6.07 Å². The summed E-state index contributed by atoms with van der Waals surface area (Å²) in [5, 5.41) is 11.2. The van der Waals surface area contributed by atoms with Crippen LogP contribution in [0.3, 0.4) is 0 Å². The van der Waals surface area contributed by atoms with Crippen molar-refractivity contribution < 1.29 is 19.0 Å². The first kappa shape index (κ1) is 18.8. The van der Waals surface area contributed by atoms with Crippen molar-refractivity contribution in [3.8, 4) is 0 Å². The molecule has 1 N–H and O–H groups in total. The van der Waals surface area contributed by atoms with Gasteiger partial charge >= 0.3 is 0 Å². The highest BCUT2D eigenvalue weighted by Gasteiger charge is 2.54. The molecular formula is C22H26FN3O3. The van der Waals surface area contributed by atoms with Crippen LogP contribution in [0.15, 0.2) is 48.5 Å². The second-order valence-electron chi connectivity index (χ2n) is 7.78. The fourth-order valence-corrected chi connectivity index (χ4v) is 4.55. The Balaban J connectivity index is 1.31. The average Bonchev–Trinajstić information content (AvgIpc) is 2.98. The number of piperazine rings is 1. The molecular weight excluding hydrogens is 373 g/mol. The zero-order valence-electron chi connectivity index (χ0n) is 16.3. The van der Waals surface area contributed by atoms with Gasteiger partial charge in [0.25, 0.3) is 0 Å². The van der Waals surface area contributed by atoms with Gasteiger partial charge in [-0.3, -0.25) is 4.90 Å². The molecule has 1 atom stereocenters. The minimum absolute atomic E-state index is 0.182. The fourth-order valence-electron chi connectivity index (χ4n) is 4.55. The van der Waals surface area contributed by atoms with E-state index in [4.69, 9.17) is 9.47 Å². The average molecular weight is 399 g/mol. The molecule has 154 valence electrons. The van der Waals surface area contributed by atoms with Crippen LogP contribution in [0.5, 0.6) is 0 Å². The van der Waals surface area contributed by atoms with Crippen molar-refractivity contribution in [1.82, 2.24) is 4.90 Å². The van der Waals surface area contributed by atoms with Crippen LogP contribution in [0.25, 0.3) is 0 Å². The summed E-state index contributed by atoms with van der Waals surface area (Å²) in [6.45, 7) is 4.76. The van der Waals surface area contributed by atoms with Gasteiger partial charge in [-0.1, -0.05) is 30.3 Å². The molecule has 3 aliphatic rings. The van der Waals surface area contributed by atoms with Gasteiger partial charge in [0.05, 0.1) is 25.6 Å². The molecule has 2 saturated heterocycles. The number of anilines is 2. The topological polar surface area (TPSA) is 48.4 Å². The molecule has 29 heavy (non-hydrogen) atoms. The number of para-hydroxylation sites is 2. The molecule has 0 saturated carbocycles. The molecule has 2 aromatic rings. The van der Waals surface area contributed by atoms with Gasteiger partial charge in [-0.05, 0) is 24.6 Å². The van der Waals surface area contributed by atoms with Crippen molar-refractivity contribution in [3.63, 3.8) is 0 Å². The Morgan fingerprint density at radius 1 is 0.931 bits per heavy atom. The molecule has 2 fully saturated rings. The Labute approximate surface area is 170 Å². The van der Waals surface area contributed by atoms with Crippen molar-refractivity contribution in [3.05, 3.63) is 59.9 Å². The number of nitrogens with zero attached hydrogens (tertiary/aromatic N) is 3. The van der Waals surface area contributed by atoms with E-state index < -0.39 is 12.0 Å². The van der Waals surface area contributed by atoms with Crippen molar-refractivity contribution in [2.45, 2.75) is 18.4 Å². The number of benzene rings is 2. The molecule has 1 spiro atoms. The number of ether oxygens (including phenoxy) is 2. The lowest BCUT2D eigenvalue weighted by Crippen LogP contribution is -2.55. The first-order valence-corrected chi connectivity index (χ1v) is 10.2. The first-order chi connectivity index (χ1) is 14.2. The second-order valence-corrected chi connectivity index (χ2v) is 7.78. The van der Waals surface area contributed by atoms with Crippen LogP contribution in [-0.4, -0.2) is 62.3 Å². The van der Waals surface area contributed by atoms with Crippen molar-refractivity contribution in [2.75, 3.05) is 55.9 Å². The number of aliphatic hydroxyl groups is 1. The van der Waals surface area contributed by atoms with Crippen LogP contribution in [0.1, 0.15) is 12.0 Å². The summed E-state index contributed by atoms with van der Waals surface area (Å²) < 4.78 is 26.1. The molecule has 3 aliphatic heterocycles. The summed E-state index contributed by atoms with van der Waals surface area (Å²) in [6, 6.07) is 14.8. The number of hydrogen-bond acceptors (Lipinski definition) is 6.